The standard InChI is InChI=1S/C29H35F3N2O9/c1-18-25(39-16-8-14-29(30,31)32)23(43-20-9-5-4-6-10-20)12-7-11-21(28(37)42-18)34-27(36)24-26(41-17-40-19(2)35)22(38-3)13-15-33-24/h4-6,9-10,13,15,18,21,23,25H,7-8,11-12,14,16-17H2,1-3H3,(H,34,36)/t18-,21-,23-,25-/m0/s1. The molecule has 1 aliphatic rings. The monoisotopic (exact) mass is 612 g/mol. The van der Waals surface area contributed by atoms with Crippen molar-refractivity contribution in [2.45, 2.75) is 76.5 Å². The van der Waals surface area contributed by atoms with E-state index in [0.29, 0.717) is 18.6 Å². The summed E-state index contributed by atoms with van der Waals surface area (Å²) in [5.41, 5.74) is -0.219. The Morgan fingerprint density at radius 1 is 1.14 bits per heavy atom. The number of ether oxygens (including phenoxy) is 6. The van der Waals surface area contributed by atoms with Crippen molar-refractivity contribution in [2.24, 2.45) is 0 Å². The molecule has 1 N–H and O–H groups in total. The lowest BCUT2D eigenvalue weighted by Crippen LogP contribution is -2.46. The van der Waals surface area contributed by atoms with Gasteiger partial charge in [-0.15, -0.1) is 0 Å². The number of halogens is 3. The van der Waals surface area contributed by atoms with Crippen molar-refractivity contribution in [2.75, 3.05) is 20.5 Å². The molecule has 0 radical (unpaired) electrons. The van der Waals surface area contributed by atoms with Crippen LogP contribution in [0.15, 0.2) is 42.6 Å². The number of hydrogen-bond acceptors (Lipinski definition) is 10. The largest absolute Gasteiger partial charge is 0.493 e. The van der Waals surface area contributed by atoms with Crippen molar-refractivity contribution in [1.82, 2.24) is 10.3 Å². The van der Waals surface area contributed by atoms with Gasteiger partial charge in [0.15, 0.2) is 17.2 Å². The summed E-state index contributed by atoms with van der Waals surface area (Å²) in [6.07, 6.45) is -5.91. The van der Waals surface area contributed by atoms with Gasteiger partial charge in [0.1, 0.15) is 30.1 Å². The lowest BCUT2D eigenvalue weighted by atomic mass is 10.0. The smallest absolute Gasteiger partial charge is 0.389 e. The first kappa shape index (κ1) is 33.4. The highest BCUT2D eigenvalue weighted by Gasteiger charge is 2.37. The molecular weight excluding hydrogens is 577 g/mol. The number of rotatable bonds is 12. The van der Waals surface area contributed by atoms with E-state index in [-0.39, 0.29) is 36.6 Å². The third-order valence-electron chi connectivity index (χ3n) is 6.42. The number of esters is 2. The van der Waals surface area contributed by atoms with Gasteiger partial charge in [-0.05, 0) is 44.7 Å². The minimum Gasteiger partial charge on any atom is -0.493 e. The zero-order valence-electron chi connectivity index (χ0n) is 24.1. The number of methoxy groups -OCH3 is 1. The summed E-state index contributed by atoms with van der Waals surface area (Å²) in [4.78, 5) is 41.7. The fraction of sp³-hybridized carbons (Fsp3) is 0.517. The predicted octanol–water partition coefficient (Wildman–Crippen LogP) is 4.38. The number of aromatic nitrogens is 1. The summed E-state index contributed by atoms with van der Waals surface area (Å²) in [7, 11) is 1.35. The maximum Gasteiger partial charge on any atom is 0.389 e. The molecule has 0 saturated carbocycles. The van der Waals surface area contributed by atoms with E-state index in [1.54, 1.807) is 31.2 Å². The number of hydrogen-bond donors (Lipinski definition) is 1. The third-order valence-corrected chi connectivity index (χ3v) is 6.42. The summed E-state index contributed by atoms with van der Waals surface area (Å²) < 4.78 is 71.2. The van der Waals surface area contributed by atoms with Crippen molar-refractivity contribution >= 4 is 17.8 Å². The zero-order valence-corrected chi connectivity index (χ0v) is 24.1. The topological polar surface area (TPSA) is 132 Å². The van der Waals surface area contributed by atoms with Gasteiger partial charge in [0.25, 0.3) is 5.91 Å². The molecule has 4 atom stereocenters. The number of alkyl halides is 3. The van der Waals surface area contributed by atoms with Crippen LogP contribution in [0.2, 0.25) is 0 Å². The maximum absolute atomic E-state index is 13.3. The molecule has 0 aliphatic carbocycles. The molecule has 0 bridgehead atoms. The second-order valence-corrected chi connectivity index (χ2v) is 9.71. The lowest BCUT2D eigenvalue weighted by molar-refractivity contribution is -0.165. The summed E-state index contributed by atoms with van der Waals surface area (Å²) in [6.45, 7) is 2.02. The van der Waals surface area contributed by atoms with Gasteiger partial charge in [0, 0.05) is 32.2 Å². The van der Waals surface area contributed by atoms with Gasteiger partial charge in [-0.2, -0.15) is 13.2 Å². The van der Waals surface area contributed by atoms with Crippen molar-refractivity contribution in [3.8, 4) is 17.2 Å². The van der Waals surface area contributed by atoms with E-state index in [1.165, 1.54) is 26.3 Å². The molecule has 236 valence electrons. The Morgan fingerprint density at radius 2 is 1.88 bits per heavy atom. The quantitative estimate of drug-likeness (QED) is 0.209. The van der Waals surface area contributed by atoms with Crippen LogP contribution in [0.5, 0.6) is 17.2 Å². The number of carbonyl (C=O) groups is 3. The molecule has 1 amide bonds. The van der Waals surface area contributed by atoms with E-state index >= 15 is 0 Å². The highest BCUT2D eigenvalue weighted by atomic mass is 19.4. The van der Waals surface area contributed by atoms with Gasteiger partial charge in [0.2, 0.25) is 6.79 Å². The Labute approximate surface area is 246 Å². The van der Waals surface area contributed by atoms with Gasteiger partial charge >= 0.3 is 18.1 Å². The second-order valence-electron chi connectivity index (χ2n) is 9.71. The van der Waals surface area contributed by atoms with Crippen LogP contribution >= 0.6 is 0 Å². The normalized spacial score (nSPS) is 20.9. The third kappa shape index (κ3) is 10.6. The van der Waals surface area contributed by atoms with E-state index in [9.17, 15) is 27.6 Å². The van der Waals surface area contributed by atoms with Gasteiger partial charge in [-0.1, -0.05) is 18.2 Å². The first-order valence-electron chi connectivity index (χ1n) is 13.7. The first-order valence-corrected chi connectivity index (χ1v) is 13.7. The minimum absolute atomic E-state index is 0.0998. The fourth-order valence-corrected chi connectivity index (χ4v) is 4.40. The van der Waals surface area contributed by atoms with Gasteiger partial charge in [-0.25, -0.2) is 9.78 Å². The van der Waals surface area contributed by atoms with E-state index in [0.717, 1.165) is 0 Å². The summed E-state index contributed by atoms with van der Waals surface area (Å²) >= 11 is 0. The van der Waals surface area contributed by atoms with Crippen LogP contribution in [0.4, 0.5) is 13.2 Å². The van der Waals surface area contributed by atoms with Crippen LogP contribution in [0.1, 0.15) is 56.4 Å². The molecule has 0 unspecified atom stereocenters. The Bertz CT molecular complexity index is 1210. The molecule has 1 aromatic heterocycles. The molecule has 14 heteroatoms. The second kappa shape index (κ2) is 16.0. The Hall–Kier alpha value is -4.07. The van der Waals surface area contributed by atoms with Gasteiger partial charge < -0.3 is 33.7 Å². The molecule has 0 spiro atoms. The first-order chi connectivity index (χ1) is 20.5. The van der Waals surface area contributed by atoms with Crippen molar-refractivity contribution < 1.29 is 56.0 Å². The maximum atomic E-state index is 13.3. The van der Waals surface area contributed by atoms with Crippen LogP contribution in [-0.2, 0) is 23.8 Å². The number of amides is 1. The SMILES string of the molecule is COc1ccnc(C(=O)N[C@H]2CCC[C@H](Oc3ccccc3)[C@@H](OCCCC(F)(F)F)[C@H](C)OC2=O)c1OCOC(C)=O. The van der Waals surface area contributed by atoms with Crippen LogP contribution in [0.3, 0.4) is 0 Å². The van der Waals surface area contributed by atoms with Crippen LogP contribution < -0.4 is 19.5 Å². The highest BCUT2D eigenvalue weighted by Crippen LogP contribution is 2.30. The van der Waals surface area contributed by atoms with Crippen LogP contribution in [0.25, 0.3) is 0 Å². The minimum atomic E-state index is -4.33. The zero-order chi connectivity index (χ0) is 31.4. The molecule has 1 aromatic carbocycles. The predicted molar refractivity (Wildman–Crippen MR) is 145 cm³/mol. The molecule has 11 nitrogen and oxygen atoms in total. The molecule has 2 aromatic rings. The molecule has 1 saturated heterocycles. The number of nitrogens with zero attached hydrogens (tertiary/aromatic N) is 1. The number of pyridine rings is 1. The van der Waals surface area contributed by atoms with Crippen molar-refractivity contribution in [3.63, 3.8) is 0 Å². The lowest BCUT2D eigenvalue weighted by Gasteiger charge is -2.31. The van der Waals surface area contributed by atoms with E-state index in [4.69, 9.17) is 28.4 Å². The molecule has 1 fully saturated rings. The molecule has 43 heavy (non-hydrogen) atoms. The van der Waals surface area contributed by atoms with Crippen molar-refractivity contribution in [3.05, 3.63) is 48.3 Å². The Kier molecular flexibility index (Phi) is 12.4. The average Bonchev–Trinajstić information content (AvgIpc) is 3.00. The summed E-state index contributed by atoms with van der Waals surface area (Å²) in [5, 5.41) is 2.61. The molecule has 2 heterocycles. The number of cyclic esters (lactones) is 1. The Morgan fingerprint density at radius 3 is 2.56 bits per heavy atom. The van der Waals surface area contributed by atoms with Gasteiger partial charge in [-0.3, -0.25) is 9.59 Å². The van der Waals surface area contributed by atoms with Gasteiger partial charge in [0.05, 0.1) is 7.11 Å². The number of nitrogens with one attached hydrogen (secondary N) is 1. The Balaban J connectivity index is 1.77. The van der Waals surface area contributed by atoms with Crippen molar-refractivity contribution in [1.29, 1.82) is 0 Å². The van der Waals surface area contributed by atoms with E-state index in [2.05, 4.69) is 10.3 Å². The highest BCUT2D eigenvalue weighted by molar-refractivity contribution is 5.98. The number of carbonyl (C=O) groups excluding carboxylic acids is 3. The molecule has 1 aliphatic heterocycles. The molecule has 3 rings (SSSR count). The number of benzene rings is 1. The average molecular weight is 613 g/mol. The fourth-order valence-electron chi connectivity index (χ4n) is 4.40. The number of para-hydroxylation sites is 1. The van der Waals surface area contributed by atoms with E-state index in [1.807, 2.05) is 6.07 Å². The summed E-state index contributed by atoms with van der Waals surface area (Å²) in [6, 6.07) is 9.15. The van der Waals surface area contributed by atoms with Crippen LogP contribution in [-0.4, -0.2) is 73.9 Å². The molecular formula is C29H35F3N2O9. The van der Waals surface area contributed by atoms with Crippen LogP contribution in [0, 0.1) is 0 Å². The summed E-state index contributed by atoms with van der Waals surface area (Å²) in [5.74, 6) is -1.59. The van der Waals surface area contributed by atoms with E-state index < -0.39 is 61.6 Å².